The number of anilines is 4. The Labute approximate surface area is 200 Å². The van der Waals surface area contributed by atoms with E-state index in [-0.39, 0.29) is 41.4 Å². The molecule has 2 aliphatic heterocycles. The third kappa shape index (κ3) is 3.76. The minimum absolute atomic E-state index is 0.0350. The van der Waals surface area contributed by atoms with Crippen LogP contribution in [-0.2, 0) is 6.18 Å². The number of halogens is 6. The van der Waals surface area contributed by atoms with Crippen molar-refractivity contribution < 1.29 is 31.1 Å². The van der Waals surface area contributed by atoms with E-state index in [1.54, 1.807) is 6.92 Å². The molecule has 0 aliphatic carbocycles. The van der Waals surface area contributed by atoms with Gasteiger partial charge in [-0.2, -0.15) is 13.2 Å². The highest BCUT2D eigenvalue weighted by Gasteiger charge is 2.40. The van der Waals surface area contributed by atoms with Crippen LogP contribution in [0.4, 0.5) is 49.2 Å². The zero-order valence-corrected chi connectivity index (χ0v) is 18.6. The number of aromatic nitrogens is 1. The number of carbonyl (C=O) groups is 1. The summed E-state index contributed by atoms with van der Waals surface area (Å²) in [7, 11) is 0. The van der Waals surface area contributed by atoms with Crippen LogP contribution in [0.2, 0.25) is 0 Å². The van der Waals surface area contributed by atoms with Crippen molar-refractivity contribution in [3.05, 3.63) is 80.9 Å². The van der Waals surface area contributed by atoms with Gasteiger partial charge in [0.1, 0.15) is 18.3 Å². The van der Waals surface area contributed by atoms with Crippen molar-refractivity contribution in [2.24, 2.45) is 0 Å². The highest BCUT2D eigenvalue weighted by molar-refractivity contribution is 6.13. The highest BCUT2D eigenvalue weighted by atomic mass is 19.4. The Morgan fingerprint density at radius 2 is 1.64 bits per heavy atom. The lowest BCUT2D eigenvalue weighted by molar-refractivity contribution is -0.139. The molecule has 12 heteroatoms. The molecular weight excluding hydrogens is 490 g/mol. The average Bonchev–Trinajstić information content (AvgIpc) is 2.82. The van der Waals surface area contributed by atoms with Crippen molar-refractivity contribution in [1.82, 2.24) is 4.98 Å². The quantitative estimate of drug-likeness (QED) is 0.395. The Hall–Kier alpha value is -3.96. The molecule has 1 unspecified atom stereocenters. The molecule has 188 valence electrons. The Balaban J connectivity index is 1.84. The minimum atomic E-state index is -5.06. The van der Waals surface area contributed by atoms with E-state index < -0.39 is 58.8 Å². The van der Waals surface area contributed by atoms with Gasteiger partial charge in [0.25, 0.3) is 5.91 Å². The van der Waals surface area contributed by atoms with Crippen LogP contribution < -0.4 is 20.7 Å². The summed E-state index contributed by atoms with van der Waals surface area (Å²) in [5.74, 6) is -5.28. The zero-order chi connectivity index (χ0) is 25.9. The molecular formula is C24H18F6N4O2. The van der Waals surface area contributed by atoms with Crippen LogP contribution in [0.25, 0.3) is 0 Å². The summed E-state index contributed by atoms with van der Waals surface area (Å²) >= 11 is 0. The van der Waals surface area contributed by atoms with Crippen LogP contribution in [0, 0.1) is 17.5 Å². The van der Waals surface area contributed by atoms with Crippen LogP contribution in [0.5, 0.6) is 0 Å². The number of pyridine rings is 1. The lowest BCUT2D eigenvalue weighted by atomic mass is 9.93. The fraction of sp³-hybridized carbons (Fsp3) is 0.250. The monoisotopic (exact) mass is 508 g/mol. The standard InChI is InChI=1S/C24H18F6N4O2/c1-11-6-7-31-22-17(4-5-19(35)32-22)34-10-33(16-3-2-14(25)21(27)20(11)16)18-9-13(24(28,29)30)15(26)8-12(18)23(34)36/h2-5,8-9,11H,6-7,10H2,1H3,(H2,31,32,35). The number of nitrogens with one attached hydrogen (secondary N) is 2. The Morgan fingerprint density at radius 3 is 2.36 bits per heavy atom. The number of alkyl halides is 3. The van der Waals surface area contributed by atoms with Crippen LogP contribution in [0.15, 0.2) is 41.2 Å². The summed E-state index contributed by atoms with van der Waals surface area (Å²) in [5, 5.41) is 2.98. The molecule has 6 nitrogen and oxygen atoms in total. The molecule has 2 N–H and O–H groups in total. The van der Waals surface area contributed by atoms with Crippen molar-refractivity contribution in [2.75, 3.05) is 28.3 Å². The second-order valence-electron chi connectivity index (χ2n) is 8.64. The number of aromatic amines is 1. The van der Waals surface area contributed by atoms with Gasteiger partial charge < -0.3 is 15.2 Å². The lowest BCUT2D eigenvalue weighted by Crippen LogP contribution is -2.46. The third-order valence-electron chi connectivity index (χ3n) is 6.40. The highest BCUT2D eigenvalue weighted by Crippen LogP contribution is 2.45. The molecule has 0 fully saturated rings. The first-order valence-corrected chi connectivity index (χ1v) is 10.9. The molecule has 0 saturated heterocycles. The van der Waals surface area contributed by atoms with Gasteiger partial charge in [-0.3, -0.25) is 14.5 Å². The molecule has 5 rings (SSSR count). The van der Waals surface area contributed by atoms with Gasteiger partial charge in [-0.15, -0.1) is 0 Å². The van der Waals surface area contributed by atoms with E-state index in [2.05, 4.69) is 10.3 Å². The number of nitrogens with zero attached hydrogens (tertiary/aromatic N) is 2. The first-order valence-electron chi connectivity index (χ1n) is 10.9. The SMILES string of the molecule is CC1CCNc2[nH]c(=O)ccc2N2CN(c3cc(C(F)(F)F)c(F)cc3C2=O)c2ccc(F)c(F)c21. The van der Waals surface area contributed by atoms with Gasteiger partial charge in [0.2, 0.25) is 5.56 Å². The predicted octanol–water partition coefficient (Wildman–Crippen LogP) is 5.49. The summed E-state index contributed by atoms with van der Waals surface area (Å²) in [6, 6.07) is 5.56. The lowest BCUT2D eigenvalue weighted by Gasteiger charge is -2.39. The van der Waals surface area contributed by atoms with Gasteiger partial charge in [-0.05, 0) is 42.7 Å². The molecule has 0 spiro atoms. The fourth-order valence-electron chi connectivity index (χ4n) is 4.64. The maximum Gasteiger partial charge on any atom is 0.419 e. The van der Waals surface area contributed by atoms with E-state index in [4.69, 9.17) is 0 Å². The molecule has 1 aromatic heterocycles. The second kappa shape index (κ2) is 8.32. The first kappa shape index (κ1) is 23.8. The molecule has 2 bridgehead atoms. The summed E-state index contributed by atoms with van der Waals surface area (Å²) in [4.78, 5) is 30.3. The molecule has 3 heterocycles. The number of carbonyl (C=O) groups excluding carboxylic acids is 1. The van der Waals surface area contributed by atoms with Gasteiger partial charge in [-0.1, -0.05) is 6.92 Å². The van der Waals surface area contributed by atoms with Crippen LogP contribution in [0.3, 0.4) is 0 Å². The summed E-state index contributed by atoms with van der Waals surface area (Å²) in [6.45, 7) is 1.39. The van der Waals surface area contributed by atoms with Gasteiger partial charge in [0.05, 0.1) is 22.5 Å². The largest absolute Gasteiger partial charge is 0.419 e. The maximum absolute atomic E-state index is 15.1. The normalized spacial score (nSPS) is 17.5. The molecule has 0 saturated carbocycles. The number of amides is 1. The van der Waals surface area contributed by atoms with Gasteiger partial charge >= 0.3 is 6.18 Å². The third-order valence-corrected chi connectivity index (χ3v) is 6.40. The molecule has 3 aromatic rings. The zero-order valence-electron chi connectivity index (χ0n) is 18.6. The van der Waals surface area contributed by atoms with E-state index in [1.165, 1.54) is 17.0 Å². The van der Waals surface area contributed by atoms with E-state index in [9.17, 15) is 31.5 Å². The summed E-state index contributed by atoms with van der Waals surface area (Å²) in [6.07, 6.45) is -4.82. The van der Waals surface area contributed by atoms with Crippen molar-refractivity contribution in [3.8, 4) is 0 Å². The maximum atomic E-state index is 15.1. The van der Waals surface area contributed by atoms with E-state index in [0.29, 0.717) is 12.1 Å². The fourth-order valence-corrected chi connectivity index (χ4v) is 4.64. The van der Waals surface area contributed by atoms with Gasteiger partial charge in [-0.25, -0.2) is 13.2 Å². The number of hydrogen-bond donors (Lipinski definition) is 2. The smallest absolute Gasteiger partial charge is 0.370 e. The van der Waals surface area contributed by atoms with Crippen molar-refractivity contribution in [1.29, 1.82) is 0 Å². The van der Waals surface area contributed by atoms with E-state index >= 15 is 4.39 Å². The number of rotatable bonds is 0. The molecule has 0 radical (unpaired) electrons. The molecule has 1 atom stereocenters. The Morgan fingerprint density at radius 1 is 0.917 bits per heavy atom. The Bertz CT molecular complexity index is 1450. The predicted molar refractivity (Wildman–Crippen MR) is 120 cm³/mol. The molecule has 1 amide bonds. The topological polar surface area (TPSA) is 68.4 Å². The Kier molecular flexibility index (Phi) is 5.49. The molecule has 2 aromatic carbocycles. The minimum Gasteiger partial charge on any atom is -0.370 e. The summed E-state index contributed by atoms with van der Waals surface area (Å²) in [5.41, 5.74) is -2.69. The van der Waals surface area contributed by atoms with Gasteiger partial charge in [0, 0.05) is 23.9 Å². The van der Waals surface area contributed by atoms with Crippen molar-refractivity contribution >= 4 is 28.8 Å². The summed E-state index contributed by atoms with van der Waals surface area (Å²) < 4.78 is 84.6. The van der Waals surface area contributed by atoms with Crippen molar-refractivity contribution in [3.63, 3.8) is 0 Å². The van der Waals surface area contributed by atoms with Crippen LogP contribution in [-0.4, -0.2) is 24.1 Å². The van der Waals surface area contributed by atoms with E-state index in [0.717, 1.165) is 17.0 Å². The first-order chi connectivity index (χ1) is 17.0. The molecule has 36 heavy (non-hydrogen) atoms. The number of fused-ring (bicyclic) bond motifs is 8. The average molecular weight is 508 g/mol. The van der Waals surface area contributed by atoms with Gasteiger partial charge in [0.15, 0.2) is 11.6 Å². The molecule has 2 aliphatic rings. The second-order valence-corrected chi connectivity index (χ2v) is 8.64. The number of benzene rings is 2. The number of hydrogen-bond acceptors (Lipinski definition) is 4. The van der Waals surface area contributed by atoms with Crippen LogP contribution >= 0.6 is 0 Å². The van der Waals surface area contributed by atoms with Crippen LogP contribution in [0.1, 0.15) is 40.7 Å². The number of H-pyrrole nitrogens is 1. The van der Waals surface area contributed by atoms with Crippen molar-refractivity contribution in [2.45, 2.75) is 25.4 Å². The van der Waals surface area contributed by atoms with E-state index in [1.807, 2.05) is 0 Å².